The van der Waals surface area contributed by atoms with Crippen molar-refractivity contribution in [3.63, 3.8) is 0 Å². The van der Waals surface area contributed by atoms with Crippen molar-refractivity contribution in [2.45, 2.75) is 13.5 Å². The fourth-order valence-electron chi connectivity index (χ4n) is 2.29. The van der Waals surface area contributed by atoms with Crippen LogP contribution < -0.4 is 5.32 Å². The van der Waals surface area contributed by atoms with Gasteiger partial charge in [0, 0.05) is 18.4 Å². The molecule has 1 amide bonds. The van der Waals surface area contributed by atoms with E-state index in [0.717, 1.165) is 18.8 Å². The van der Waals surface area contributed by atoms with Gasteiger partial charge in [-0.25, -0.2) is 4.98 Å². The lowest BCUT2D eigenvalue weighted by atomic mass is 10.2. The Hall–Kier alpha value is -2.74. The van der Waals surface area contributed by atoms with E-state index in [0.29, 0.717) is 17.0 Å². The van der Waals surface area contributed by atoms with E-state index in [1.54, 1.807) is 29.2 Å². The van der Waals surface area contributed by atoms with Crippen molar-refractivity contribution in [1.82, 2.24) is 29.3 Å². The van der Waals surface area contributed by atoms with Gasteiger partial charge in [-0.1, -0.05) is 0 Å². The number of fused-ring (bicyclic) bond motifs is 1. The highest BCUT2D eigenvalue weighted by atomic mass is 16.1. The highest BCUT2D eigenvalue weighted by molar-refractivity contribution is 6.04. The highest BCUT2D eigenvalue weighted by Crippen LogP contribution is 2.13. The van der Waals surface area contributed by atoms with E-state index in [1.807, 2.05) is 31.8 Å². The predicted molar refractivity (Wildman–Crippen MR) is 86.5 cm³/mol. The summed E-state index contributed by atoms with van der Waals surface area (Å²) in [7, 11) is 4.01. The normalized spacial score (nSPS) is 11.3. The Bertz CT molecular complexity index is 833. The Kier molecular flexibility index (Phi) is 4.07. The molecule has 0 unspecified atom stereocenters. The zero-order valence-corrected chi connectivity index (χ0v) is 13.4. The Balaban J connectivity index is 1.78. The minimum Gasteiger partial charge on any atom is -0.308 e. The molecule has 3 rings (SSSR count). The molecule has 3 aromatic heterocycles. The summed E-state index contributed by atoms with van der Waals surface area (Å²) in [6.07, 6.45) is 4.83. The van der Waals surface area contributed by atoms with Gasteiger partial charge in [-0.05, 0) is 33.2 Å². The van der Waals surface area contributed by atoms with Gasteiger partial charge in [-0.3, -0.25) is 9.48 Å². The molecule has 0 spiro atoms. The number of aromatic nitrogens is 5. The highest BCUT2D eigenvalue weighted by Gasteiger charge is 2.16. The number of rotatable bonds is 5. The third kappa shape index (κ3) is 3.07. The molecule has 1 N–H and O–H groups in total. The van der Waals surface area contributed by atoms with Gasteiger partial charge in [0.05, 0.1) is 24.5 Å². The average Bonchev–Trinajstić information content (AvgIpc) is 3.09. The number of likely N-dealkylation sites (N-methyl/N-ethyl adjacent to an activating group) is 1. The molecule has 0 atom stereocenters. The van der Waals surface area contributed by atoms with Gasteiger partial charge in [0.1, 0.15) is 0 Å². The number of nitrogens with zero attached hydrogens (tertiary/aromatic N) is 6. The summed E-state index contributed by atoms with van der Waals surface area (Å²) in [5, 5.41) is 11.3. The predicted octanol–water partition coefficient (Wildman–Crippen LogP) is 1.05. The van der Waals surface area contributed by atoms with Crippen molar-refractivity contribution in [3.8, 4) is 0 Å². The third-order valence-corrected chi connectivity index (χ3v) is 3.63. The molecule has 23 heavy (non-hydrogen) atoms. The standard InChI is InChI=1S/C15H19N7O/c1-11-12(9-18-21(11)8-7-20(2)3)15(23)19-14-10-16-13-5-4-6-17-22(13)14/h4-6,9-10H,7-8H2,1-3H3,(H,19,23). The smallest absolute Gasteiger partial charge is 0.260 e. The van der Waals surface area contributed by atoms with E-state index in [2.05, 4.69) is 25.4 Å². The molecular formula is C15H19N7O. The first-order valence-corrected chi connectivity index (χ1v) is 7.33. The van der Waals surface area contributed by atoms with Crippen molar-refractivity contribution in [1.29, 1.82) is 0 Å². The molecule has 0 aromatic carbocycles. The van der Waals surface area contributed by atoms with Crippen molar-refractivity contribution in [2.24, 2.45) is 0 Å². The van der Waals surface area contributed by atoms with Crippen molar-refractivity contribution in [3.05, 3.63) is 42.0 Å². The Morgan fingerprint density at radius 1 is 1.30 bits per heavy atom. The summed E-state index contributed by atoms with van der Waals surface area (Å²) in [6, 6.07) is 3.63. The van der Waals surface area contributed by atoms with Crippen LogP contribution in [0.4, 0.5) is 5.82 Å². The SMILES string of the molecule is Cc1c(C(=O)Nc2cnc3cccnn23)cnn1CCN(C)C. The summed E-state index contributed by atoms with van der Waals surface area (Å²) in [4.78, 5) is 18.8. The zero-order valence-electron chi connectivity index (χ0n) is 13.4. The first-order chi connectivity index (χ1) is 11.1. The molecule has 3 aromatic rings. The van der Waals surface area contributed by atoms with Gasteiger partial charge in [-0.15, -0.1) is 0 Å². The second kappa shape index (κ2) is 6.17. The minimum absolute atomic E-state index is 0.217. The van der Waals surface area contributed by atoms with Crippen molar-refractivity contribution < 1.29 is 4.79 Å². The lowest BCUT2D eigenvalue weighted by molar-refractivity contribution is 0.102. The minimum atomic E-state index is -0.217. The van der Waals surface area contributed by atoms with Gasteiger partial charge in [0.15, 0.2) is 11.5 Å². The third-order valence-electron chi connectivity index (χ3n) is 3.63. The van der Waals surface area contributed by atoms with Crippen LogP contribution in [-0.2, 0) is 6.54 Å². The average molecular weight is 313 g/mol. The van der Waals surface area contributed by atoms with E-state index in [4.69, 9.17) is 0 Å². The largest absolute Gasteiger partial charge is 0.308 e. The molecule has 3 heterocycles. The maximum atomic E-state index is 12.5. The zero-order chi connectivity index (χ0) is 16.4. The monoisotopic (exact) mass is 313 g/mol. The Labute approximate surface area is 133 Å². The van der Waals surface area contributed by atoms with Crippen LogP contribution in [0, 0.1) is 6.92 Å². The maximum Gasteiger partial charge on any atom is 0.260 e. The number of hydrogen-bond donors (Lipinski definition) is 1. The lowest BCUT2D eigenvalue weighted by Crippen LogP contribution is -2.20. The van der Waals surface area contributed by atoms with Crippen LogP contribution in [0.25, 0.3) is 5.65 Å². The summed E-state index contributed by atoms with van der Waals surface area (Å²) >= 11 is 0. The van der Waals surface area contributed by atoms with E-state index < -0.39 is 0 Å². The van der Waals surface area contributed by atoms with Crippen LogP contribution >= 0.6 is 0 Å². The molecule has 0 bridgehead atoms. The van der Waals surface area contributed by atoms with Crippen LogP contribution in [0.3, 0.4) is 0 Å². The summed E-state index contributed by atoms with van der Waals surface area (Å²) in [6.45, 7) is 3.49. The molecule has 0 aliphatic rings. The summed E-state index contributed by atoms with van der Waals surface area (Å²) < 4.78 is 3.42. The number of carbonyl (C=O) groups excluding carboxylic acids is 1. The van der Waals surface area contributed by atoms with Gasteiger partial charge in [0.2, 0.25) is 0 Å². The molecule has 0 saturated heterocycles. The van der Waals surface area contributed by atoms with Crippen LogP contribution in [0.2, 0.25) is 0 Å². The van der Waals surface area contributed by atoms with E-state index in [1.165, 1.54) is 0 Å². The second-order valence-electron chi connectivity index (χ2n) is 5.56. The van der Waals surface area contributed by atoms with Crippen molar-refractivity contribution in [2.75, 3.05) is 26.0 Å². The molecular weight excluding hydrogens is 294 g/mol. The van der Waals surface area contributed by atoms with E-state index >= 15 is 0 Å². The number of amides is 1. The first kappa shape index (κ1) is 15.2. The van der Waals surface area contributed by atoms with Gasteiger partial charge >= 0.3 is 0 Å². The van der Waals surface area contributed by atoms with Gasteiger partial charge < -0.3 is 10.2 Å². The lowest BCUT2D eigenvalue weighted by Gasteiger charge is -2.10. The van der Waals surface area contributed by atoms with Gasteiger partial charge in [-0.2, -0.15) is 14.7 Å². The van der Waals surface area contributed by atoms with Gasteiger partial charge in [0.25, 0.3) is 5.91 Å². The molecule has 0 aliphatic heterocycles. The summed E-state index contributed by atoms with van der Waals surface area (Å²) in [5.74, 6) is 0.317. The number of carbonyl (C=O) groups is 1. The molecule has 8 nitrogen and oxygen atoms in total. The fraction of sp³-hybridized carbons (Fsp3) is 0.333. The second-order valence-corrected chi connectivity index (χ2v) is 5.56. The van der Waals surface area contributed by atoms with E-state index in [9.17, 15) is 4.79 Å². The Morgan fingerprint density at radius 2 is 2.13 bits per heavy atom. The number of nitrogens with one attached hydrogen (secondary N) is 1. The molecule has 0 aliphatic carbocycles. The summed E-state index contributed by atoms with van der Waals surface area (Å²) in [5.41, 5.74) is 2.07. The fourth-order valence-corrected chi connectivity index (χ4v) is 2.29. The molecule has 0 radical (unpaired) electrons. The Morgan fingerprint density at radius 3 is 2.91 bits per heavy atom. The number of hydrogen-bond acceptors (Lipinski definition) is 5. The van der Waals surface area contributed by atoms with E-state index in [-0.39, 0.29) is 5.91 Å². The molecule has 0 saturated carbocycles. The maximum absolute atomic E-state index is 12.5. The molecule has 8 heteroatoms. The van der Waals surface area contributed by atoms with Crippen molar-refractivity contribution >= 4 is 17.4 Å². The van der Waals surface area contributed by atoms with Crippen LogP contribution in [-0.4, -0.2) is 55.8 Å². The first-order valence-electron chi connectivity index (χ1n) is 7.33. The van der Waals surface area contributed by atoms with Crippen LogP contribution in [0.5, 0.6) is 0 Å². The molecule has 120 valence electrons. The topological polar surface area (TPSA) is 80.4 Å². The molecule has 0 fully saturated rings. The number of anilines is 1. The quantitative estimate of drug-likeness (QED) is 0.761. The number of imidazole rings is 1. The van der Waals surface area contributed by atoms with Crippen LogP contribution in [0.1, 0.15) is 16.1 Å². The van der Waals surface area contributed by atoms with Crippen LogP contribution in [0.15, 0.2) is 30.7 Å².